The number of rotatable bonds is 1. The summed E-state index contributed by atoms with van der Waals surface area (Å²) in [6, 6.07) is 5.99. The van der Waals surface area contributed by atoms with Gasteiger partial charge >= 0.3 is 0 Å². The molecule has 0 atom stereocenters. The SMILES string of the molecule is Cc1ccc(S(=O)(=O)O)cc1.NC(N)=NO. The van der Waals surface area contributed by atoms with Gasteiger partial charge in [-0.05, 0) is 19.1 Å². The van der Waals surface area contributed by atoms with E-state index in [1.165, 1.54) is 12.1 Å². The Balaban J connectivity index is 0.000000385. The first-order valence-electron chi connectivity index (χ1n) is 4.04. The number of benzene rings is 1. The summed E-state index contributed by atoms with van der Waals surface area (Å²) < 4.78 is 29.6. The van der Waals surface area contributed by atoms with Gasteiger partial charge in [0.2, 0.25) is 5.96 Å². The smallest absolute Gasteiger partial charge is 0.294 e. The molecule has 6 N–H and O–H groups in total. The van der Waals surface area contributed by atoms with Crippen molar-refractivity contribution in [1.29, 1.82) is 0 Å². The van der Waals surface area contributed by atoms with Gasteiger partial charge in [0.05, 0.1) is 4.90 Å². The maximum Gasteiger partial charge on any atom is 0.294 e. The summed E-state index contributed by atoms with van der Waals surface area (Å²) >= 11 is 0. The first-order chi connectivity index (χ1) is 7.27. The fraction of sp³-hybridized carbons (Fsp3) is 0.125. The summed E-state index contributed by atoms with van der Waals surface area (Å²) in [6.45, 7) is 1.84. The van der Waals surface area contributed by atoms with Gasteiger partial charge in [0.1, 0.15) is 0 Å². The van der Waals surface area contributed by atoms with Gasteiger partial charge in [-0.15, -0.1) is 0 Å². The van der Waals surface area contributed by atoms with Gasteiger partial charge in [0.15, 0.2) is 0 Å². The molecule has 0 aliphatic carbocycles. The van der Waals surface area contributed by atoms with E-state index in [2.05, 4.69) is 16.6 Å². The van der Waals surface area contributed by atoms with Gasteiger partial charge in [-0.1, -0.05) is 22.9 Å². The van der Waals surface area contributed by atoms with Gasteiger partial charge in [-0.25, -0.2) is 0 Å². The van der Waals surface area contributed by atoms with Gasteiger partial charge in [-0.2, -0.15) is 8.42 Å². The number of guanidine groups is 1. The van der Waals surface area contributed by atoms with E-state index in [-0.39, 0.29) is 10.9 Å². The van der Waals surface area contributed by atoms with E-state index in [1.54, 1.807) is 12.1 Å². The monoisotopic (exact) mass is 247 g/mol. The van der Waals surface area contributed by atoms with E-state index in [4.69, 9.17) is 9.76 Å². The Labute approximate surface area is 93.1 Å². The molecular formula is C8H13N3O4S. The van der Waals surface area contributed by atoms with Crippen molar-refractivity contribution in [2.45, 2.75) is 11.8 Å². The summed E-state index contributed by atoms with van der Waals surface area (Å²) in [4.78, 5) is -0.0666. The molecule has 0 unspecified atom stereocenters. The number of oxime groups is 1. The lowest BCUT2D eigenvalue weighted by atomic mass is 10.2. The Kier molecular flexibility index (Phi) is 5.26. The summed E-state index contributed by atoms with van der Waals surface area (Å²) in [7, 11) is -4.02. The first kappa shape index (κ1) is 14.2. The van der Waals surface area contributed by atoms with Crippen LogP contribution in [0.15, 0.2) is 34.3 Å². The zero-order valence-electron chi connectivity index (χ0n) is 8.53. The van der Waals surface area contributed by atoms with Crippen molar-refractivity contribution in [3.63, 3.8) is 0 Å². The second kappa shape index (κ2) is 5.93. The highest BCUT2D eigenvalue weighted by Gasteiger charge is 2.06. The average Bonchev–Trinajstić information content (AvgIpc) is 2.18. The molecule has 0 saturated carbocycles. The Morgan fingerprint density at radius 1 is 1.25 bits per heavy atom. The van der Waals surface area contributed by atoms with Crippen LogP contribution in [-0.2, 0) is 10.1 Å². The predicted molar refractivity (Wildman–Crippen MR) is 58.6 cm³/mol. The minimum atomic E-state index is -4.02. The van der Waals surface area contributed by atoms with Crippen molar-refractivity contribution in [1.82, 2.24) is 0 Å². The maximum atomic E-state index is 10.5. The second-order valence-corrected chi connectivity index (χ2v) is 4.23. The van der Waals surface area contributed by atoms with Gasteiger partial charge in [0, 0.05) is 0 Å². The molecule has 0 spiro atoms. The van der Waals surface area contributed by atoms with E-state index < -0.39 is 10.1 Å². The topological polar surface area (TPSA) is 139 Å². The van der Waals surface area contributed by atoms with E-state index in [9.17, 15) is 8.42 Å². The van der Waals surface area contributed by atoms with Crippen LogP contribution in [0.1, 0.15) is 5.56 Å². The molecule has 0 amide bonds. The molecule has 0 aliphatic rings. The fourth-order valence-corrected chi connectivity index (χ4v) is 1.19. The second-order valence-electron chi connectivity index (χ2n) is 2.81. The Hall–Kier alpha value is -1.80. The molecule has 0 aliphatic heterocycles. The van der Waals surface area contributed by atoms with Crippen LogP contribution < -0.4 is 11.5 Å². The average molecular weight is 247 g/mol. The van der Waals surface area contributed by atoms with Crippen LogP contribution in [0.2, 0.25) is 0 Å². The van der Waals surface area contributed by atoms with Gasteiger partial charge in [0.25, 0.3) is 10.1 Å². The molecule has 7 nitrogen and oxygen atoms in total. The minimum Gasteiger partial charge on any atom is -0.408 e. The molecule has 0 fully saturated rings. The van der Waals surface area contributed by atoms with Crippen molar-refractivity contribution < 1.29 is 18.2 Å². The lowest BCUT2D eigenvalue weighted by Gasteiger charge is -1.95. The molecule has 0 aromatic heterocycles. The Morgan fingerprint density at radius 2 is 1.62 bits per heavy atom. The number of hydrogen-bond acceptors (Lipinski definition) is 4. The van der Waals surface area contributed by atoms with Crippen LogP contribution in [0.3, 0.4) is 0 Å². The predicted octanol–water partition coefficient (Wildman–Crippen LogP) is -0.109. The Bertz CT molecular complexity index is 449. The normalized spacial score (nSPS) is 9.88. The third-order valence-electron chi connectivity index (χ3n) is 1.43. The lowest BCUT2D eigenvalue weighted by Crippen LogP contribution is -2.21. The lowest BCUT2D eigenvalue weighted by molar-refractivity contribution is 0.317. The Morgan fingerprint density at radius 3 is 1.88 bits per heavy atom. The van der Waals surface area contributed by atoms with Crippen molar-refractivity contribution in [3.05, 3.63) is 29.8 Å². The van der Waals surface area contributed by atoms with Crippen LogP contribution in [0.4, 0.5) is 0 Å². The maximum absolute atomic E-state index is 10.5. The third-order valence-corrected chi connectivity index (χ3v) is 2.30. The molecule has 1 aromatic rings. The molecule has 1 aromatic carbocycles. The molecule has 0 heterocycles. The highest BCUT2D eigenvalue weighted by atomic mass is 32.2. The van der Waals surface area contributed by atoms with E-state index >= 15 is 0 Å². The first-order valence-corrected chi connectivity index (χ1v) is 5.48. The standard InChI is InChI=1S/C7H8O3S.CH5N3O/c1-6-2-4-7(5-3-6)11(8,9)10;2-1(3)4-5/h2-5H,1H3,(H,8,9,10);5H,(H4,2,3,4). The van der Waals surface area contributed by atoms with Crippen molar-refractivity contribution in [2.75, 3.05) is 0 Å². The summed E-state index contributed by atoms with van der Waals surface area (Å²) in [6.07, 6.45) is 0. The van der Waals surface area contributed by atoms with Crippen LogP contribution in [0.25, 0.3) is 0 Å². The molecule has 8 heteroatoms. The van der Waals surface area contributed by atoms with Crippen LogP contribution in [0, 0.1) is 6.92 Å². The quantitative estimate of drug-likeness (QED) is 0.179. The molecule has 0 radical (unpaired) electrons. The van der Waals surface area contributed by atoms with E-state index in [0.29, 0.717) is 0 Å². The molecule has 90 valence electrons. The van der Waals surface area contributed by atoms with Crippen molar-refractivity contribution >= 4 is 16.1 Å². The highest BCUT2D eigenvalue weighted by molar-refractivity contribution is 7.85. The molecule has 0 bridgehead atoms. The van der Waals surface area contributed by atoms with Gasteiger partial charge in [-0.3, -0.25) is 4.55 Å². The number of hydrogen-bond donors (Lipinski definition) is 4. The zero-order chi connectivity index (χ0) is 12.8. The number of nitrogens with two attached hydrogens (primary N) is 2. The van der Waals surface area contributed by atoms with Crippen LogP contribution in [0.5, 0.6) is 0 Å². The largest absolute Gasteiger partial charge is 0.408 e. The zero-order valence-corrected chi connectivity index (χ0v) is 9.35. The molecule has 0 saturated heterocycles. The molecule has 16 heavy (non-hydrogen) atoms. The number of nitrogens with zero attached hydrogens (tertiary/aromatic N) is 1. The number of aryl methyl sites for hydroxylation is 1. The summed E-state index contributed by atoms with van der Waals surface area (Å²) in [5.74, 6) is -0.315. The van der Waals surface area contributed by atoms with Crippen molar-refractivity contribution in [3.8, 4) is 0 Å². The molecule has 1 rings (SSSR count). The summed E-state index contributed by atoms with van der Waals surface area (Å²) in [5, 5.41) is 9.84. The van der Waals surface area contributed by atoms with Crippen LogP contribution in [-0.4, -0.2) is 24.1 Å². The fourth-order valence-electron chi connectivity index (χ4n) is 0.710. The van der Waals surface area contributed by atoms with Crippen LogP contribution >= 0.6 is 0 Å². The summed E-state index contributed by atoms with van der Waals surface area (Å²) in [5.41, 5.74) is 10.1. The van der Waals surface area contributed by atoms with Gasteiger partial charge < -0.3 is 16.7 Å². The van der Waals surface area contributed by atoms with E-state index in [0.717, 1.165) is 5.56 Å². The van der Waals surface area contributed by atoms with Crippen molar-refractivity contribution in [2.24, 2.45) is 16.6 Å². The van der Waals surface area contributed by atoms with E-state index in [1.807, 2.05) is 6.92 Å². The minimum absolute atomic E-state index is 0.0666. The third kappa shape index (κ3) is 5.83. The molecular weight excluding hydrogens is 234 g/mol. The highest BCUT2D eigenvalue weighted by Crippen LogP contribution is 2.08.